The van der Waals surface area contributed by atoms with Gasteiger partial charge in [0.2, 0.25) is 17.7 Å². The van der Waals surface area contributed by atoms with Gasteiger partial charge in [0.05, 0.1) is 25.4 Å². The molecule has 1 amide bonds. The van der Waals surface area contributed by atoms with Gasteiger partial charge in [-0.2, -0.15) is 0 Å². The minimum atomic E-state index is -1.44. The predicted molar refractivity (Wildman–Crippen MR) is 157 cm³/mol. The first-order valence-corrected chi connectivity index (χ1v) is 15.6. The lowest BCUT2D eigenvalue weighted by molar-refractivity contribution is -0.270. The lowest BCUT2D eigenvalue weighted by atomic mass is 9.93. The lowest BCUT2D eigenvalue weighted by Gasteiger charge is -2.42. The van der Waals surface area contributed by atoms with Gasteiger partial charge in [0.25, 0.3) is 0 Å². The monoisotopic (exact) mass is 663 g/mol. The topological polar surface area (TPSA) is 253 Å². The van der Waals surface area contributed by atoms with Crippen LogP contribution < -0.4 is 10.2 Å². The van der Waals surface area contributed by atoms with Crippen molar-refractivity contribution in [2.45, 2.75) is 114 Å². The number of aliphatic hydroxyl groups is 6. The number of nitrogens with one attached hydrogen (secondary N) is 1. The smallest absolute Gasteiger partial charge is 0.333 e. The van der Waals surface area contributed by atoms with Crippen LogP contribution in [0.4, 0.5) is 0 Å². The van der Waals surface area contributed by atoms with E-state index in [4.69, 9.17) is 19.0 Å². The van der Waals surface area contributed by atoms with Gasteiger partial charge in [0.1, 0.15) is 42.7 Å². The molecule has 9 N–H and O–H groups in total. The third kappa shape index (κ3) is 10.5. The summed E-state index contributed by atoms with van der Waals surface area (Å²) >= 11 is 0. The molecule has 46 heavy (non-hydrogen) atoms. The fraction of sp³-hybridized carbons (Fsp3) is 0.793. The minimum absolute atomic E-state index is 0.0488. The largest absolute Gasteiger partial charge is 0.492 e. The number of aromatic nitrogens is 1. The van der Waals surface area contributed by atoms with Crippen LogP contribution in [-0.4, -0.2) is 156 Å². The fourth-order valence-corrected chi connectivity index (χ4v) is 5.56. The maximum Gasteiger partial charge on any atom is 0.333 e. The van der Waals surface area contributed by atoms with Gasteiger partial charge >= 0.3 is 5.97 Å². The molecule has 2 saturated heterocycles. The normalized spacial score (nSPS) is 31.6. The zero-order valence-corrected chi connectivity index (χ0v) is 26.1. The summed E-state index contributed by atoms with van der Waals surface area (Å²) in [5.41, 5.74) is 0. The first kappa shape index (κ1) is 37.9. The molecule has 264 valence electrons. The van der Waals surface area contributed by atoms with Crippen molar-refractivity contribution < 1.29 is 69.5 Å². The molecule has 0 saturated carbocycles. The molecule has 17 heteroatoms. The molecular formula is C29H49N3O14. The van der Waals surface area contributed by atoms with Crippen molar-refractivity contribution in [1.29, 1.82) is 0 Å². The number of carbonyl (C=O) groups excluding carboxylic acids is 2. The Morgan fingerprint density at radius 2 is 1.52 bits per heavy atom. The molecule has 2 aliphatic rings. The van der Waals surface area contributed by atoms with Crippen molar-refractivity contribution in [1.82, 2.24) is 14.9 Å². The summed E-state index contributed by atoms with van der Waals surface area (Å²) in [6.45, 7) is 3.85. The summed E-state index contributed by atoms with van der Waals surface area (Å²) in [7, 11) is 0. The second-order valence-corrected chi connectivity index (χ2v) is 11.8. The van der Waals surface area contributed by atoms with Gasteiger partial charge in [-0.1, -0.05) is 6.42 Å². The Bertz CT molecular complexity index is 1070. The standard InChI is InChI=1S/C29H49N3O14/c1-16-24(38)28(42)25(39)18(44-16)7-6-12-31(11-5-3-4-8-22(37)46-32-20(35)9-10-21(32)36)13-14-43-29-23(30-17(2)34)27(41)26(40)19(15-33)45-29/h9-10,16,18-19,23-29,33,35-36,38-42H,3-8,11-15H2,1-2H3,(H,30,34)/t16-,18-,19+,23+,24+,25+,26+,27+,28+,29+/m0/s1. The number of hydrogen-bond acceptors (Lipinski definition) is 15. The number of aromatic hydroxyl groups is 2. The summed E-state index contributed by atoms with van der Waals surface area (Å²) in [6, 6.07) is 1.29. The average Bonchev–Trinajstić information content (AvgIpc) is 3.33. The maximum absolute atomic E-state index is 12.1. The van der Waals surface area contributed by atoms with Crippen molar-refractivity contribution in [3.8, 4) is 11.8 Å². The molecule has 1 aromatic heterocycles. The average molecular weight is 664 g/mol. The van der Waals surface area contributed by atoms with Gasteiger partial charge in [-0.15, -0.1) is 4.73 Å². The Labute approximate surface area is 266 Å². The molecule has 3 rings (SSSR count). The molecule has 10 atom stereocenters. The van der Waals surface area contributed by atoms with Crippen LogP contribution in [0, 0.1) is 0 Å². The highest BCUT2D eigenvalue weighted by molar-refractivity contribution is 5.73. The van der Waals surface area contributed by atoms with Crippen LogP contribution in [0.1, 0.15) is 52.4 Å². The molecule has 1 aromatic rings. The zero-order valence-electron chi connectivity index (χ0n) is 26.1. The van der Waals surface area contributed by atoms with Crippen LogP contribution in [0.15, 0.2) is 12.1 Å². The molecule has 0 unspecified atom stereocenters. The van der Waals surface area contributed by atoms with Gasteiger partial charge in [0.15, 0.2) is 6.29 Å². The van der Waals surface area contributed by atoms with Gasteiger partial charge < -0.3 is 70.1 Å². The van der Waals surface area contributed by atoms with E-state index in [9.17, 15) is 50.4 Å². The summed E-state index contributed by atoms with van der Waals surface area (Å²) in [5, 5.41) is 82.5. The molecule has 0 spiro atoms. The fourth-order valence-electron chi connectivity index (χ4n) is 5.56. The number of aliphatic hydroxyl groups excluding tert-OH is 6. The van der Waals surface area contributed by atoms with Crippen LogP contribution in [-0.2, 0) is 23.8 Å². The minimum Gasteiger partial charge on any atom is -0.492 e. The van der Waals surface area contributed by atoms with Crippen molar-refractivity contribution in [3.05, 3.63) is 12.1 Å². The quantitative estimate of drug-likeness (QED) is 0.0771. The maximum atomic E-state index is 12.1. The summed E-state index contributed by atoms with van der Waals surface area (Å²) in [6.07, 6.45) is -7.42. The zero-order chi connectivity index (χ0) is 34.0. The Hall–Kier alpha value is -2.58. The Balaban J connectivity index is 1.52. The number of rotatable bonds is 17. The second-order valence-electron chi connectivity index (χ2n) is 11.8. The third-order valence-electron chi connectivity index (χ3n) is 8.20. The molecule has 3 heterocycles. The van der Waals surface area contributed by atoms with Crippen LogP contribution in [0.5, 0.6) is 11.8 Å². The van der Waals surface area contributed by atoms with Gasteiger partial charge in [0, 0.05) is 32.0 Å². The van der Waals surface area contributed by atoms with Crippen molar-refractivity contribution in [2.75, 3.05) is 32.8 Å². The molecule has 0 aromatic carbocycles. The highest BCUT2D eigenvalue weighted by Gasteiger charge is 2.45. The van der Waals surface area contributed by atoms with Gasteiger partial charge in [-0.05, 0) is 45.7 Å². The summed E-state index contributed by atoms with van der Waals surface area (Å²) in [5.74, 6) is -1.92. The van der Waals surface area contributed by atoms with Crippen molar-refractivity contribution >= 4 is 11.9 Å². The van der Waals surface area contributed by atoms with Crippen LogP contribution >= 0.6 is 0 Å². The van der Waals surface area contributed by atoms with Gasteiger partial charge in [-0.3, -0.25) is 4.79 Å². The molecule has 17 nitrogen and oxygen atoms in total. The molecule has 0 bridgehead atoms. The predicted octanol–water partition coefficient (Wildman–Crippen LogP) is -2.67. The highest BCUT2D eigenvalue weighted by Crippen LogP contribution is 2.25. The summed E-state index contributed by atoms with van der Waals surface area (Å²) < 4.78 is 17.8. The SMILES string of the molecule is CC(=O)N[C@H]1[C@H](OCCN(CCCCCC(=O)On2c(O)ccc2O)CCC[C@@H]2O[C@@H](C)[C@@H](O)[C@@H](O)[C@@H]2O)O[C@H](CO)[C@@H](O)[C@@H]1O. The Kier molecular flexibility index (Phi) is 14.9. The van der Waals surface area contributed by atoms with Crippen molar-refractivity contribution in [3.63, 3.8) is 0 Å². The van der Waals surface area contributed by atoms with Crippen LogP contribution in [0.2, 0.25) is 0 Å². The molecule has 0 radical (unpaired) electrons. The third-order valence-corrected chi connectivity index (χ3v) is 8.20. The van der Waals surface area contributed by atoms with E-state index in [0.29, 0.717) is 56.5 Å². The number of hydrogen-bond donors (Lipinski definition) is 9. The molecule has 2 fully saturated rings. The Morgan fingerprint density at radius 3 is 2.17 bits per heavy atom. The lowest BCUT2D eigenvalue weighted by Crippen LogP contribution is -2.64. The van der Waals surface area contributed by atoms with E-state index >= 15 is 0 Å². The van der Waals surface area contributed by atoms with E-state index in [0.717, 1.165) is 0 Å². The number of ether oxygens (including phenoxy) is 3. The molecular weight excluding hydrogens is 614 g/mol. The highest BCUT2D eigenvalue weighted by atomic mass is 16.7. The number of amides is 1. The van der Waals surface area contributed by atoms with E-state index in [1.54, 1.807) is 6.92 Å². The van der Waals surface area contributed by atoms with E-state index in [-0.39, 0.29) is 13.0 Å². The van der Waals surface area contributed by atoms with E-state index in [2.05, 4.69) is 10.2 Å². The summed E-state index contributed by atoms with van der Waals surface area (Å²) in [4.78, 5) is 30.9. The van der Waals surface area contributed by atoms with E-state index < -0.39 is 91.4 Å². The van der Waals surface area contributed by atoms with E-state index in [1.807, 2.05) is 0 Å². The van der Waals surface area contributed by atoms with Gasteiger partial charge in [-0.25, -0.2) is 4.79 Å². The molecule has 2 aliphatic heterocycles. The van der Waals surface area contributed by atoms with Crippen LogP contribution in [0.25, 0.3) is 0 Å². The Morgan fingerprint density at radius 1 is 0.870 bits per heavy atom. The number of carbonyl (C=O) groups is 2. The number of unbranched alkanes of at least 4 members (excludes halogenated alkanes) is 2. The van der Waals surface area contributed by atoms with Crippen molar-refractivity contribution in [2.24, 2.45) is 0 Å². The number of nitrogens with zero attached hydrogens (tertiary/aromatic N) is 2. The van der Waals surface area contributed by atoms with Crippen LogP contribution in [0.3, 0.4) is 0 Å². The second kappa shape index (κ2) is 18.1. The first-order chi connectivity index (χ1) is 21.8. The van der Waals surface area contributed by atoms with E-state index in [1.165, 1.54) is 19.1 Å². The first-order valence-electron chi connectivity index (χ1n) is 15.6. The molecule has 0 aliphatic carbocycles.